The van der Waals surface area contributed by atoms with Crippen LogP contribution in [0.15, 0.2) is 36.4 Å². The van der Waals surface area contributed by atoms with Crippen LogP contribution in [0.3, 0.4) is 0 Å². The topological polar surface area (TPSA) is 92.1 Å². The van der Waals surface area contributed by atoms with E-state index in [1.165, 1.54) is 4.80 Å². The number of urea groups is 1. The van der Waals surface area contributed by atoms with E-state index in [4.69, 9.17) is 0 Å². The van der Waals surface area contributed by atoms with Crippen LogP contribution < -0.4 is 10.6 Å². The number of hydrogen-bond donors (Lipinski definition) is 3. The zero-order chi connectivity index (χ0) is 20.3. The van der Waals surface area contributed by atoms with Crippen molar-refractivity contribution in [2.45, 2.75) is 46.0 Å². The van der Waals surface area contributed by atoms with Gasteiger partial charge in [-0.25, -0.2) is 4.79 Å². The van der Waals surface area contributed by atoms with Crippen molar-refractivity contribution < 1.29 is 9.90 Å². The summed E-state index contributed by atoms with van der Waals surface area (Å²) in [4.78, 5) is 13.6. The number of carbonyl (C=O) groups excluding carboxylic acids is 1. The molecule has 0 aliphatic heterocycles. The van der Waals surface area contributed by atoms with Crippen LogP contribution in [0.2, 0.25) is 0 Å². The number of fused-ring (bicyclic) bond motifs is 1. The quantitative estimate of drug-likeness (QED) is 0.554. The van der Waals surface area contributed by atoms with Crippen molar-refractivity contribution in [3.05, 3.63) is 42.0 Å². The van der Waals surface area contributed by atoms with Gasteiger partial charge in [-0.05, 0) is 48.1 Å². The number of nitrogens with one attached hydrogen (secondary N) is 2. The minimum Gasteiger partial charge on any atom is -0.504 e. The maximum atomic E-state index is 12.2. The Morgan fingerprint density at radius 2 is 1.79 bits per heavy atom. The predicted octanol–water partition coefficient (Wildman–Crippen LogP) is 4.35. The van der Waals surface area contributed by atoms with Gasteiger partial charge in [0, 0.05) is 6.54 Å². The summed E-state index contributed by atoms with van der Waals surface area (Å²) in [6.07, 6.45) is 1.73. The van der Waals surface area contributed by atoms with Gasteiger partial charge in [-0.1, -0.05) is 39.8 Å². The van der Waals surface area contributed by atoms with Gasteiger partial charge in [-0.15, -0.1) is 15.0 Å². The fourth-order valence-corrected chi connectivity index (χ4v) is 2.83. The fourth-order valence-electron chi connectivity index (χ4n) is 2.83. The highest BCUT2D eigenvalue weighted by Crippen LogP contribution is 2.37. The molecule has 1 heterocycles. The Bertz CT molecular complexity index is 961. The van der Waals surface area contributed by atoms with Crippen LogP contribution >= 0.6 is 0 Å². The highest BCUT2D eigenvalue weighted by atomic mass is 16.3. The SMILES string of the molecule is CCCNC(=O)Nc1cc(C(C)(C)CC)cc(-n2nc3ccccc3n2)c1O. The molecule has 0 aliphatic rings. The van der Waals surface area contributed by atoms with Crippen LogP contribution in [-0.4, -0.2) is 32.7 Å². The third-order valence-corrected chi connectivity index (χ3v) is 5.04. The van der Waals surface area contributed by atoms with Gasteiger partial charge < -0.3 is 15.7 Å². The summed E-state index contributed by atoms with van der Waals surface area (Å²) in [5, 5.41) is 25.3. The van der Waals surface area contributed by atoms with E-state index in [1.54, 1.807) is 0 Å². The van der Waals surface area contributed by atoms with Crippen molar-refractivity contribution in [1.29, 1.82) is 0 Å². The molecule has 0 spiro atoms. The smallest absolute Gasteiger partial charge is 0.319 e. The molecule has 0 atom stereocenters. The third kappa shape index (κ3) is 3.93. The molecule has 28 heavy (non-hydrogen) atoms. The Kier molecular flexibility index (Phi) is 5.53. The third-order valence-electron chi connectivity index (χ3n) is 5.04. The molecule has 3 N–H and O–H groups in total. The monoisotopic (exact) mass is 381 g/mol. The van der Waals surface area contributed by atoms with Gasteiger partial charge in [0.2, 0.25) is 0 Å². The van der Waals surface area contributed by atoms with Crippen LogP contribution in [0, 0.1) is 0 Å². The molecule has 3 rings (SSSR count). The first-order valence-electron chi connectivity index (χ1n) is 9.60. The summed E-state index contributed by atoms with van der Waals surface area (Å²) in [5.41, 5.74) is 3.07. The summed E-state index contributed by atoms with van der Waals surface area (Å²) >= 11 is 0. The number of amides is 2. The van der Waals surface area contributed by atoms with E-state index >= 15 is 0 Å². The van der Waals surface area contributed by atoms with Crippen molar-refractivity contribution in [2.75, 3.05) is 11.9 Å². The average molecular weight is 381 g/mol. The number of phenols is 1. The fraction of sp³-hybridized carbons (Fsp3) is 0.381. The Hall–Kier alpha value is -3.09. The highest BCUT2D eigenvalue weighted by Gasteiger charge is 2.24. The Morgan fingerprint density at radius 3 is 2.36 bits per heavy atom. The van der Waals surface area contributed by atoms with E-state index < -0.39 is 0 Å². The number of hydrogen-bond acceptors (Lipinski definition) is 4. The van der Waals surface area contributed by atoms with E-state index in [0.717, 1.165) is 29.4 Å². The van der Waals surface area contributed by atoms with E-state index in [1.807, 2.05) is 43.3 Å². The van der Waals surface area contributed by atoms with Crippen molar-refractivity contribution >= 4 is 22.8 Å². The second-order valence-corrected chi connectivity index (χ2v) is 7.49. The summed E-state index contributed by atoms with van der Waals surface area (Å²) in [7, 11) is 0. The van der Waals surface area contributed by atoms with Crippen LogP contribution in [0.5, 0.6) is 5.75 Å². The number of carbonyl (C=O) groups is 1. The molecule has 2 aromatic carbocycles. The van der Waals surface area contributed by atoms with Gasteiger partial charge in [-0.3, -0.25) is 0 Å². The molecule has 2 amide bonds. The van der Waals surface area contributed by atoms with Crippen molar-refractivity contribution in [3.63, 3.8) is 0 Å². The maximum Gasteiger partial charge on any atom is 0.319 e. The Labute approximate surface area is 164 Å². The van der Waals surface area contributed by atoms with Crippen LogP contribution in [0.4, 0.5) is 10.5 Å². The van der Waals surface area contributed by atoms with Crippen LogP contribution in [0.25, 0.3) is 16.7 Å². The largest absolute Gasteiger partial charge is 0.504 e. The first kappa shape index (κ1) is 19.7. The number of anilines is 1. The molecule has 0 radical (unpaired) electrons. The van der Waals surface area contributed by atoms with Crippen molar-refractivity contribution in [3.8, 4) is 11.4 Å². The van der Waals surface area contributed by atoms with E-state index in [2.05, 4.69) is 41.6 Å². The summed E-state index contributed by atoms with van der Waals surface area (Å²) in [6.45, 7) is 8.89. The first-order valence-corrected chi connectivity index (χ1v) is 9.60. The Morgan fingerprint density at radius 1 is 1.14 bits per heavy atom. The molecule has 148 valence electrons. The van der Waals surface area contributed by atoms with Gasteiger partial charge in [0.05, 0.1) is 5.69 Å². The van der Waals surface area contributed by atoms with Gasteiger partial charge in [0.1, 0.15) is 16.7 Å². The Balaban J connectivity index is 2.10. The number of phenolic OH excluding ortho intramolecular Hbond substituents is 1. The molecule has 0 fully saturated rings. The number of aromatic nitrogens is 3. The summed E-state index contributed by atoms with van der Waals surface area (Å²) < 4.78 is 0. The second-order valence-electron chi connectivity index (χ2n) is 7.49. The molecule has 0 saturated heterocycles. The lowest BCUT2D eigenvalue weighted by molar-refractivity contribution is 0.252. The van der Waals surface area contributed by atoms with Crippen LogP contribution in [-0.2, 0) is 5.41 Å². The van der Waals surface area contributed by atoms with Gasteiger partial charge in [0.25, 0.3) is 0 Å². The van der Waals surface area contributed by atoms with E-state index in [0.29, 0.717) is 17.9 Å². The molecular formula is C21H27N5O2. The van der Waals surface area contributed by atoms with Gasteiger partial charge in [0.15, 0.2) is 5.75 Å². The first-order chi connectivity index (χ1) is 13.4. The summed E-state index contributed by atoms with van der Waals surface area (Å²) in [5.74, 6) is -0.0670. The van der Waals surface area contributed by atoms with Crippen molar-refractivity contribution in [2.24, 2.45) is 0 Å². The number of rotatable bonds is 6. The number of benzene rings is 2. The molecular weight excluding hydrogens is 354 g/mol. The zero-order valence-corrected chi connectivity index (χ0v) is 16.8. The lowest BCUT2D eigenvalue weighted by Crippen LogP contribution is -2.29. The second kappa shape index (κ2) is 7.88. The average Bonchev–Trinajstić information content (AvgIpc) is 3.11. The molecule has 7 nitrogen and oxygen atoms in total. The molecule has 3 aromatic rings. The standard InChI is InChI=1S/C21H27N5O2/c1-5-11-22-20(28)23-17-12-14(21(3,4)6-2)13-18(19(17)27)26-24-15-9-7-8-10-16(15)25-26/h7-10,12-13,27H,5-6,11H2,1-4H3,(H2,22,23,28). The van der Waals surface area contributed by atoms with Crippen LogP contribution in [0.1, 0.15) is 46.1 Å². The zero-order valence-electron chi connectivity index (χ0n) is 16.8. The molecule has 7 heteroatoms. The minimum atomic E-state index is -0.354. The van der Waals surface area contributed by atoms with Crippen molar-refractivity contribution in [1.82, 2.24) is 20.3 Å². The maximum absolute atomic E-state index is 12.2. The minimum absolute atomic E-state index is 0.0670. The molecule has 0 bridgehead atoms. The predicted molar refractivity (Wildman–Crippen MR) is 111 cm³/mol. The lowest BCUT2D eigenvalue weighted by Gasteiger charge is -2.25. The normalized spacial score (nSPS) is 11.6. The molecule has 0 saturated carbocycles. The highest BCUT2D eigenvalue weighted by molar-refractivity contribution is 5.92. The van der Waals surface area contributed by atoms with Gasteiger partial charge >= 0.3 is 6.03 Å². The lowest BCUT2D eigenvalue weighted by atomic mass is 9.81. The molecule has 0 aliphatic carbocycles. The van der Waals surface area contributed by atoms with E-state index in [-0.39, 0.29) is 17.2 Å². The number of nitrogens with zero attached hydrogens (tertiary/aromatic N) is 3. The molecule has 1 aromatic heterocycles. The number of aromatic hydroxyl groups is 1. The van der Waals surface area contributed by atoms with E-state index in [9.17, 15) is 9.90 Å². The van der Waals surface area contributed by atoms with Gasteiger partial charge in [-0.2, -0.15) is 0 Å². The summed E-state index contributed by atoms with van der Waals surface area (Å²) in [6, 6.07) is 10.9. The molecule has 0 unspecified atom stereocenters.